The van der Waals surface area contributed by atoms with Crippen LogP contribution in [0.3, 0.4) is 0 Å². The van der Waals surface area contributed by atoms with Gasteiger partial charge in [-0.3, -0.25) is 37.3 Å². The van der Waals surface area contributed by atoms with E-state index in [0.717, 1.165) is 115 Å². The molecule has 19 heteroatoms. The Kier molecular flexibility index (Phi) is 60.8. The Hall–Kier alpha value is -1.94. The van der Waals surface area contributed by atoms with Gasteiger partial charge in [0.2, 0.25) is 0 Å². The molecular weight excluding hydrogens is 1170 g/mol. The van der Waals surface area contributed by atoms with Crippen molar-refractivity contribution in [1.29, 1.82) is 0 Å². The predicted octanol–water partition coefficient (Wildman–Crippen LogP) is 20.0. The lowest BCUT2D eigenvalue weighted by Crippen LogP contribution is -2.30. The molecule has 0 rings (SSSR count). The number of aliphatic hydroxyl groups is 1. The number of carbonyl (C=O) groups is 4. The average molecular weight is 1310 g/mol. The lowest BCUT2D eigenvalue weighted by molar-refractivity contribution is -0.161. The highest BCUT2D eigenvalue weighted by atomic mass is 31.2. The number of hydrogen-bond donors (Lipinski definition) is 3. The van der Waals surface area contributed by atoms with Crippen LogP contribution in [-0.4, -0.2) is 96.7 Å². The van der Waals surface area contributed by atoms with Gasteiger partial charge in [-0.05, 0) is 37.5 Å². The van der Waals surface area contributed by atoms with E-state index in [2.05, 4.69) is 41.5 Å². The summed E-state index contributed by atoms with van der Waals surface area (Å²) in [6, 6.07) is 0. The van der Waals surface area contributed by atoms with Crippen LogP contribution in [0.2, 0.25) is 0 Å². The highest BCUT2D eigenvalue weighted by molar-refractivity contribution is 7.47. The van der Waals surface area contributed by atoms with Crippen LogP contribution in [0.25, 0.3) is 0 Å². The largest absolute Gasteiger partial charge is 0.472 e. The van der Waals surface area contributed by atoms with Gasteiger partial charge in [-0.25, -0.2) is 9.13 Å². The van der Waals surface area contributed by atoms with Gasteiger partial charge >= 0.3 is 39.5 Å². The van der Waals surface area contributed by atoms with Gasteiger partial charge in [-0.15, -0.1) is 0 Å². The molecule has 2 unspecified atom stereocenters. The molecule has 0 saturated heterocycles. The van der Waals surface area contributed by atoms with E-state index in [4.69, 9.17) is 37.0 Å². The number of rotatable bonds is 69. The molecule has 0 saturated carbocycles. The monoisotopic (exact) mass is 1310 g/mol. The van der Waals surface area contributed by atoms with Crippen molar-refractivity contribution in [3.63, 3.8) is 0 Å². The van der Waals surface area contributed by atoms with Gasteiger partial charge in [0.1, 0.15) is 19.3 Å². The summed E-state index contributed by atoms with van der Waals surface area (Å²) >= 11 is 0. The van der Waals surface area contributed by atoms with E-state index < -0.39 is 97.5 Å². The lowest BCUT2D eigenvalue weighted by Gasteiger charge is -2.21. The zero-order chi connectivity index (χ0) is 65.7. The fourth-order valence-electron chi connectivity index (χ4n) is 10.6. The topological polar surface area (TPSA) is 237 Å². The quantitative estimate of drug-likeness (QED) is 0.0222. The van der Waals surface area contributed by atoms with Crippen molar-refractivity contribution in [2.24, 2.45) is 11.8 Å². The summed E-state index contributed by atoms with van der Waals surface area (Å²) in [6.45, 7) is 9.53. The van der Waals surface area contributed by atoms with Crippen LogP contribution in [0.1, 0.15) is 356 Å². The molecule has 0 radical (unpaired) electrons. The Morgan fingerprint density at radius 1 is 0.303 bits per heavy atom. The fraction of sp³-hybridized carbons (Fsp3) is 0.943. The third kappa shape index (κ3) is 64.6. The van der Waals surface area contributed by atoms with Crippen LogP contribution in [0.4, 0.5) is 0 Å². The van der Waals surface area contributed by atoms with Crippen molar-refractivity contribution >= 4 is 39.5 Å². The summed E-state index contributed by atoms with van der Waals surface area (Å²) in [6.07, 6.45) is 47.2. The average Bonchev–Trinajstić information content (AvgIpc) is 3.71. The number of ether oxygens (including phenoxy) is 4. The van der Waals surface area contributed by atoms with Gasteiger partial charge in [-0.2, -0.15) is 0 Å². The minimum atomic E-state index is -4.95. The van der Waals surface area contributed by atoms with E-state index in [1.165, 1.54) is 161 Å². The molecule has 89 heavy (non-hydrogen) atoms. The predicted molar refractivity (Wildman–Crippen MR) is 358 cm³/mol. The fourth-order valence-corrected chi connectivity index (χ4v) is 12.2. The first-order valence-electron chi connectivity index (χ1n) is 36.5. The Balaban J connectivity index is 5.21. The van der Waals surface area contributed by atoms with E-state index in [0.29, 0.717) is 25.7 Å². The van der Waals surface area contributed by atoms with Gasteiger partial charge in [0.25, 0.3) is 0 Å². The first-order valence-corrected chi connectivity index (χ1v) is 39.5. The summed E-state index contributed by atoms with van der Waals surface area (Å²) in [4.78, 5) is 72.4. The molecule has 0 aromatic rings. The third-order valence-electron chi connectivity index (χ3n) is 16.2. The van der Waals surface area contributed by atoms with Gasteiger partial charge < -0.3 is 33.8 Å². The molecule has 528 valence electrons. The van der Waals surface area contributed by atoms with Crippen LogP contribution >= 0.6 is 15.6 Å². The van der Waals surface area contributed by atoms with Crippen LogP contribution in [0.5, 0.6) is 0 Å². The summed E-state index contributed by atoms with van der Waals surface area (Å²) in [5.74, 6) is -0.579. The molecule has 0 fully saturated rings. The molecule has 5 atom stereocenters. The first-order chi connectivity index (χ1) is 42.9. The smallest absolute Gasteiger partial charge is 0.462 e. The molecule has 3 N–H and O–H groups in total. The van der Waals surface area contributed by atoms with Crippen LogP contribution in [0.15, 0.2) is 0 Å². The number of aliphatic hydroxyl groups excluding tert-OH is 1. The van der Waals surface area contributed by atoms with Crippen LogP contribution < -0.4 is 0 Å². The van der Waals surface area contributed by atoms with E-state index in [1.807, 2.05) is 0 Å². The molecule has 17 nitrogen and oxygen atoms in total. The molecule has 0 aliphatic heterocycles. The van der Waals surface area contributed by atoms with Crippen molar-refractivity contribution in [3.8, 4) is 0 Å². The molecule has 0 amide bonds. The van der Waals surface area contributed by atoms with E-state index >= 15 is 0 Å². The van der Waals surface area contributed by atoms with Crippen molar-refractivity contribution in [2.75, 3.05) is 39.6 Å². The Bertz CT molecular complexity index is 1730. The molecule has 0 aliphatic rings. The molecule has 0 aromatic heterocycles. The number of phosphoric ester groups is 2. The van der Waals surface area contributed by atoms with E-state index in [-0.39, 0.29) is 25.7 Å². The standard InChI is InChI=1S/C70H136O17P2/c1-7-9-11-13-15-16-17-18-24-30-36-42-48-54-69(74)86-65(58-80-67(72)52-46-40-32-14-12-10-8-2)60-84-88(76,77)82-56-64(71)57-83-89(78,79)85-61-66(59-81-68(73)53-47-41-35-29-26-21-23-28-34-39-45-51-63(5)6)87-70(75)55-49-43-37-31-25-20-19-22-27-33-38-44-50-62(3)4/h62-66,71H,7-61H2,1-6H3,(H,76,77)(H,78,79)/t64-,65+,66+/m0/s1. The second kappa shape index (κ2) is 62.2. The molecule has 0 bridgehead atoms. The number of esters is 4. The third-order valence-corrected chi connectivity index (χ3v) is 18.1. The molecule has 0 aliphatic carbocycles. The lowest BCUT2D eigenvalue weighted by atomic mass is 10.0. The minimum absolute atomic E-state index is 0.107. The Labute approximate surface area is 543 Å². The van der Waals surface area contributed by atoms with Crippen molar-refractivity contribution < 1.29 is 80.2 Å². The molecular formula is C70H136O17P2. The van der Waals surface area contributed by atoms with Crippen LogP contribution in [-0.2, 0) is 65.4 Å². The van der Waals surface area contributed by atoms with Gasteiger partial charge in [0, 0.05) is 25.7 Å². The second-order valence-corrected chi connectivity index (χ2v) is 29.1. The van der Waals surface area contributed by atoms with E-state index in [1.54, 1.807) is 0 Å². The van der Waals surface area contributed by atoms with Crippen molar-refractivity contribution in [2.45, 2.75) is 374 Å². The molecule has 0 heterocycles. The van der Waals surface area contributed by atoms with Crippen LogP contribution in [0, 0.1) is 11.8 Å². The summed E-state index contributed by atoms with van der Waals surface area (Å²) < 4.78 is 68.2. The number of phosphoric acid groups is 2. The first kappa shape index (κ1) is 87.1. The summed E-state index contributed by atoms with van der Waals surface area (Å²) in [5, 5.41) is 10.6. The SMILES string of the molecule is CCCCCCCCCCCCCCCC(=O)O[C@H](COC(=O)CCCCCCCCC)COP(=O)(O)OC[C@H](O)COP(=O)(O)OC[C@@H](COC(=O)CCCCCCCCCCCCCC(C)C)OC(=O)CCCCCCCCCCCCCCC(C)C. The number of unbranched alkanes of at least 4 members (excludes halogenated alkanes) is 39. The van der Waals surface area contributed by atoms with Crippen molar-refractivity contribution in [1.82, 2.24) is 0 Å². The minimum Gasteiger partial charge on any atom is -0.462 e. The summed E-state index contributed by atoms with van der Waals surface area (Å²) in [7, 11) is -9.90. The maximum Gasteiger partial charge on any atom is 0.472 e. The highest BCUT2D eigenvalue weighted by Crippen LogP contribution is 2.45. The van der Waals surface area contributed by atoms with E-state index in [9.17, 15) is 43.2 Å². The second-order valence-electron chi connectivity index (χ2n) is 26.2. The highest BCUT2D eigenvalue weighted by Gasteiger charge is 2.30. The van der Waals surface area contributed by atoms with Gasteiger partial charge in [-0.1, -0.05) is 305 Å². The van der Waals surface area contributed by atoms with Gasteiger partial charge in [0.15, 0.2) is 12.2 Å². The zero-order valence-electron chi connectivity index (χ0n) is 57.7. The normalized spacial score (nSPS) is 14.1. The van der Waals surface area contributed by atoms with Crippen molar-refractivity contribution in [3.05, 3.63) is 0 Å². The Morgan fingerprint density at radius 2 is 0.517 bits per heavy atom. The zero-order valence-corrected chi connectivity index (χ0v) is 59.5. The molecule has 0 aromatic carbocycles. The Morgan fingerprint density at radius 3 is 0.764 bits per heavy atom. The number of hydrogen-bond acceptors (Lipinski definition) is 15. The molecule has 0 spiro atoms. The number of carbonyl (C=O) groups excluding carboxylic acids is 4. The summed E-state index contributed by atoms with van der Waals surface area (Å²) in [5.41, 5.74) is 0. The maximum atomic E-state index is 13.0. The maximum absolute atomic E-state index is 13.0. The van der Waals surface area contributed by atoms with Gasteiger partial charge in [0.05, 0.1) is 26.4 Å².